The molecule has 0 fully saturated rings. The van der Waals surface area contributed by atoms with Crippen molar-refractivity contribution in [3.05, 3.63) is 122 Å². The van der Waals surface area contributed by atoms with E-state index in [0.717, 1.165) is 10.9 Å². The Morgan fingerprint density at radius 2 is 1.63 bits per heavy atom. The number of hydrazine groups is 1. The molecule has 3 aromatic carbocycles. The highest BCUT2D eigenvalue weighted by Crippen LogP contribution is 2.32. The van der Waals surface area contributed by atoms with E-state index in [0.29, 0.717) is 33.1 Å². The molecule has 0 saturated heterocycles. The quantitative estimate of drug-likeness (QED) is 0.346. The Morgan fingerprint density at radius 1 is 0.829 bits per heavy atom. The smallest absolute Gasteiger partial charge is 0.345 e. The Labute approximate surface area is 202 Å². The fourth-order valence-corrected chi connectivity index (χ4v) is 4.10. The highest BCUT2D eigenvalue weighted by atomic mass is 35.5. The van der Waals surface area contributed by atoms with Crippen molar-refractivity contribution in [1.82, 2.24) is 5.01 Å². The van der Waals surface area contributed by atoms with Crippen molar-refractivity contribution in [2.24, 2.45) is 5.16 Å². The van der Waals surface area contributed by atoms with Crippen molar-refractivity contribution in [2.45, 2.75) is 6.23 Å². The molecule has 1 aliphatic heterocycles. The van der Waals surface area contributed by atoms with Crippen molar-refractivity contribution < 1.29 is 13.7 Å². The van der Waals surface area contributed by atoms with Gasteiger partial charge in [0.1, 0.15) is 16.7 Å². The summed E-state index contributed by atoms with van der Waals surface area (Å²) in [6, 6.07) is 24.5. The number of anilines is 1. The van der Waals surface area contributed by atoms with Crippen LogP contribution < -0.4 is 16.7 Å². The standard InChI is InChI=1S/C26H16ClN3O5/c27-18-8-6-17-13-20(26(32)34-22(17)14-18)25-30(24(29-35-25)15-4-2-1-3-5-15)28-19-9-10-21-16(12-19)7-11-23(31)33-21/h1-14,25,28H. The Bertz CT molecular complexity index is 1730. The largest absolute Gasteiger partial charge is 0.423 e. The number of halogens is 1. The molecule has 0 amide bonds. The number of nitrogens with one attached hydrogen (secondary N) is 1. The lowest BCUT2D eigenvalue weighted by Gasteiger charge is -2.26. The number of oxime groups is 1. The van der Waals surface area contributed by atoms with E-state index in [9.17, 15) is 9.59 Å². The molecule has 0 radical (unpaired) electrons. The lowest BCUT2D eigenvalue weighted by molar-refractivity contribution is 0.0164. The number of rotatable bonds is 4. The van der Waals surface area contributed by atoms with Crippen molar-refractivity contribution in [2.75, 3.05) is 5.43 Å². The number of amidine groups is 1. The maximum absolute atomic E-state index is 12.9. The molecule has 1 aliphatic rings. The van der Waals surface area contributed by atoms with Gasteiger partial charge in [-0.3, -0.25) is 5.43 Å². The average molecular weight is 486 g/mol. The molecule has 0 spiro atoms. The lowest BCUT2D eigenvalue weighted by atomic mass is 10.1. The van der Waals surface area contributed by atoms with Crippen LogP contribution >= 0.6 is 11.6 Å². The summed E-state index contributed by atoms with van der Waals surface area (Å²) in [7, 11) is 0. The monoisotopic (exact) mass is 485 g/mol. The van der Waals surface area contributed by atoms with Gasteiger partial charge in [0.15, 0.2) is 5.84 Å². The summed E-state index contributed by atoms with van der Waals surface area (Å²) in [5, 5.41) is 7.82. The van der Waals surface area contributed by atoms with Crippen molar-refractivity contribution in [3.8, 4) is 0 Å². The number of hydrogen-bond acceptors (Lipinski definition) is 8. The SMILES string of the molecule is O=c1ccc2cc(NN3C(c4ccccc4)=NOC3c3cc4ccc(Cl)cc4oc3=O)ccc2o1. The van der Waals surface area contributed by atoms with Crippen LogP contribution in [0.2, 0.25) is 5.02 Å². The molecular weight excluding hydrogens is 470 g/mol. The summed E-state index contributed by atoms with van der Waals surface area (Å²) in [4.78, 5) is 30.2. The average Bonchev–Trinajstić information content (AvgIpc) is 3.27. The fraction of sp³-hybridized carbons (Fsp3) is 0.0385. The van der Waals surface area contributed by atoms with Gasteiger partial charge in [-0.25, -0.2) is 14.6 Å². The highest BCUT2D eigenvalue weighted by molar-refractivity contribution is 6.31. The fourth-order valence-electron chi connectivity index (χ4n) is 3.94. The molecule has 1 N–H and O–H groups in total. The molecule has 3 heterocycles. The van der Waals surface area contributed by atoms with E-state index in [2.05, 4.69) is 10.6 Å². The van der Waals surface area contributed by atoms with Crippen LogP contribution in [0, 0.1) is 0 Å². The second-order valence-electron chi connectivity index (χ2n) is 7.90. The van der Waals surface area contributed by atoms with Crippen LogP contribution in [0.15, 0.2) is 109 Å². The molecule has 0 aliphatic carbocycles. The van der Waals surface area contributed by atoms with Gasteiger partial charge >= 0.3 is 11.3 Å². The third kappa shape index (κ3) is 3.89. The molecule has 1 unspecified atom stereocenters. The number of benzene rings is 3. The minimum Gasteiger partial charge on any atom is -0.423 e. The third-order valence-corrected chi connectivity index (χ3v) is 5.83. The van der Waals surface area contributed by atoms with Gasteiger partial charge in [-0.1, -0.05) is 47.1 Å². The first kappa shape index (κ1) is 21.0. The highest BCUT2D eigenvalue weighted by Gasteiger charge is 2.35. The van der Waals surface area contributed by atoms with Gasteiger partial charge in [-0.05, 0) is 42.5 Å². The zero-order valence-corrected chi connectivity index (χ0v) is 18.7. The summed E-state index contributed by atoms with van der Waals surface area (Å²) in [6.07, 6.45) is -0.911. The zero-order valence-electron chi connectivity index (χ0n) is 18.0. The molecule has 8 nitrogen and oxygen atoms in total. The van der Waals surface area contributed by atoms with Gasteiger partial charge in [0.05, 0.1) is 5.69 Å². The van der Waals surface area contributed by atoms with Crippen LogP contribution in [0.1, 0.15) is 17.4 Å². The van der Waals surface area contributed by atoms with Gasteiger partial charge < -0.3 is 13.7 Å². The Kier molecular flexibility index (Phi) is 5.00. The Balaban J connectivity index is 1.43. The first-order valence-electron chi connectivity index (χ1n) is 10.7. The molecule has 172 valence electrons. The summed E-state index contributed by atoms with van der Waals surface area (Å²) >= 11 is 6.04. The number of fused-ring (bicyclic) bond motifs is 2. The van der Waals surface area contributed by atoms with E-state index < -0.39 is 17.5 Å². The maximum atomic E-state index is 12.9. The van der Waals surface area contributed by atoms with E-state index in [1.165, 1.54) is 6.07 Å². The molecule has 5 aromatic rings. The lowest BCUT2D eigenvalue weighted by Crippen LogP contribution is -2.38. The predicted octanol–water partition coefficient (Wildman–Crippen LogP) is 5.27. The molecule has 2 aromatic heterocycles. The van der Waals surface area contributed by atoms with Crippen LogP contribution in [-0.2, 0) is 4.84 Å². The van der Waals surface area contributed by atoms with E-state index >= 15 is 0 Å². The first-order chi connectivity index (χ1) is 17.0. The van der Waals surface area contributed by atoms with Crippen LogP contribution in [0.4, 0.5) is 5.69 Å². The predicted molar refractivity (Wildman–Crippen MR) is 132 cm³/mol. The van der Waals surface area contributed by atoms with E-state index in [4.69, 9.17) is 25.3 Å². The van der Waals surface area contributed by atoms with E-state index in [-0.39, 0.29) is 5.56 Å². The molecule has 9 heteroatoms. The molecule has 1 atom stereocenters. The van der Waals surface area contributed by atoms with Gasteiger partial charge in [0.25, 0.3) is 6.23 Å². The third-order valence-electron chi connectivity index (χ3n) is 5.59. The zero-order chi connectivity index (χ0) is 23.9. The molecule has 0 saturated carbocycles. The van der Waals surface area contributed by atoms with Crippen molar-refractivity contribution >= 4 is 45.1 Å². The van der Waals surface area contributed by atoms with Gasteiger partial charge in [0.2, 0.25) is 0 Å². The molecular formula is C26H16ClN3O5. The molecule has 0 bridgehead atoms. The number of nitrogens with zero attached hydrogens (tertiary/aromatic N) is 2. The van der Waals surface area contributed by atoms with Crippen LogP contribution in [-0.4, -0.2) is 10.8 Å². The van der Waals surface area contributed by atoms with Gasteiger partial charge in [0, 0.05) is 33.5 Å². The van der Waals surface area contributed by atoms with Gasteiger partial charge in [-0.15, -0.1) is 0 Å². The minimum absolute atomic E-state index is 0.258. The van der Waals surface area contributed by atoms with E-state index in [1.807, 2.05) is 36.4 Å². The number of hydrogen-bond donors (Lipinski definition) is 1. The second-order valence-corrected chi connectivity index (χ2v) is 8.34. The van der Waals surface area contributed by atoms with Crippen LogP contribution in [0.25, 0.3) is 21.9 Å². The Morgan fingerprint density at radius 3 is 2.49 bits per heavy atom. The summed E-state index contributed by atoms with van der Waals surface area (Å²) < 4.78 is 10.8. The maximum Gasteiger partial charge on any atom is 0.345 e. The second kappa shape index (κ2) is 8.34. The van der Waals surface area contributed by atoms with Crippen molar-refractivity contribution in [1.29, 1.82) is 0 Å². The topological polar surface area (TPSA) is 97.3 Å². The Hall–Kier alpha value is -4.56. The van der Waals surface area contributed by atoms with Crippen LogP contribution in [0.5, 0.6) is 0 Å². The summed E-state index contributed by atoms with van der Waals surface area (Å²) in [5.74, 6) is 0.478. The summed E-state index contributed by atoms with van der Waals surface area (Å²) in [5.41, 5.74) is 4.85. The van der Waals surface area contributed by atoms with E-state index in [1.54, 1.807) is 47.5 Å². The minimum atomic E-state index is -0.911. The van der Waals surface area contributed by atoms with Crippen LogP contribution in [0.3, 0.4) is 0 Å². The molecule has 35 heavy (non-hydrogen) atoms. The van der Waals surface area contributed by atoms with Gasteiger partial charge in [-0.2, -0.15) is 0 Å². The summed E-state index contributed by atoms with van der Waals surface area (Å²) in [6.45, 7) is 0. The van der Waals surface area contributed by atoms with Crippen molar-refractivity contribution in [3.63, 3.8) is 0 Å². The first-order valence-corrected chi connectivity index (χ1v) is 11.1. The molecule has 6 rings (SSSR count). The normalized spacial score (nSPS) is 15.3.